The number of rotatable bonds is 4. The van der Waals surface area contributed by atoms with Crippen molar-refractivity contribution in [2.75, 3.05) is 11.4 Å². The van der Waals surface area contributed by atoms with Crippen molar-refractivity contribution in [3.05, 3.63) is 38.2 Å². The highest BCUT2D eigenvalue weighted by Crippen LogP contribution is 2.42. The highest BCUT2D eigenvalue weighted by atomic mass is 32.1. The average molecular weight is 306 g/mol. The first-order valence-corrected chi connectivity index (χ1v) is 8.03. The quantitative estimate of drug-likeness (QED) is 0.640. The number of anilines is 1. The van der Waals surface area contributed by atoms with Gasteiger partial charge in [-0.05, 0) is 38.1 Å². The van der Waals surface area contributed by atoms with Gasteiger partial charge in [-0.25, -0.2) is 4.68 Å². The zero-order valence-electron chi connectivity index (χ0n) is 12.2. The van der Waals surface area contributed by atoms with Crippen LogP contribution < -0.4 is 4.90 Å². The van der Waals surface area contributed by atoms with Gasteiger partial charge < -0.3 is 4.90 Å². The molecule has 1 aliphatic heterocycles. The van der Waals surface area contributed by atoms with E-state index in [0.717, 1.165) is 19.4 Å². The monoisotopic (exact) mass is 306 g/mol. The summed E-state index contributed by atoms with van der Waals surface area (Å²) < 4.78 is 1.76. The van der Waals surface area contributed by atoms with Crippen molar-refractivity contribution in [3.63, 3.8) is 0 Å². The predicted molar refractivity (Wildman–Crippen MR) is 82.9 cm³/mol. The van der Waals surface area contributed by atoms with Crippen molar-refractivity contribution < 1.29 is 4.92 Å². The molecule has 1 aliphatic rings. The Morgan fingerprint density at radius 2 is 2.38 bits per heavy atom. The Labute approximate surface area is 127 Å². The molecule has 2 aromatic heterocycles. The third kappa shape index (κ3) is 2.31. The third-order valence-corrected chi connectivity index (χ3v) is 4.92. The van der Waals surface area contributed by atoms with Crippen molar-refractivity contribution in [2.24, 2.45) is 0 Å². The first-order valence-electron chi connectivity index (χ1n) is 7.15. The van der Waals surface area contributed by atoms with E-state index in [1.165, 1.54) is 4.88 Å². The minimum absolute atomic E-state index is 0.153. The molecule has 0 spiro atoms. The molecule has 3 rings (SSSR count). The van der Waals surface area contributed by atoms with Crippen molar-refractivity contribution in [1.29, 1.82) is 0 Å². The number of hydrogen-bond acceptors (Lipinski definition) is 5. The third-order valence-electron chi connectivity index (χ3n) is 3.95. The van der Waals surface area contributed by atoms with Crippen LogP contribution in [-0.4, -0.2) is 21.2 Å². The van der Waals surface area contributed by atoms with E-state index in [4.69, 9.17) is 0 Å². The molecule has 7 heteroatoms. The fraction of sp³-hybridized carbons (Fsp3) is 0.500. The van der Waals surface area contributed by atoms with Crippen LogP contribution >= 0.6 is 11.3 Å². The number of nitro groups is 1. The SMILES string of the molecule is CCn1nc(C)c([N+](=O)[O-])c1N1CCCC1c1cccs1. The van der Waals surface area contributed by atoms with Crippen LogP contribution in [0.4, 0.5) is 11.5 Å². The van der Waals surface area contributed by atoms with E-state index in [0.29, 0.717) is 18.1 Å². The van der Waals surface area contributed by atoms with Gasteiger partial charge in [0.25, 0.3) is 0 Å². The maximum atomic E-state index is 11.4. The Morgan fingerprint density at radius 1 is 1.57 bits per heavy atom. The largest absolute Gasteiger partial charge is 0.343 e. The molecule has 21 heavy (non-hydrogen) atoms. The van der Waals surface area contributed by atoms with Gasteiger partial charge in [-0.1, -0.05) is 6.07 Å². The van der Waals surface area contributed by atoms with Crippen LogP contribution in [0.1, 0.15) is 36.4 Å². The van der Waals surface area contributed by atoms with E-state index in [-0.39, 0.29) is 16.7 Å². The molecule has 1 atom stereocenters. The molecule has 1 fully saturated rings. The van der Waals surface area contributed by atoms with Gasteiger partial charge in [0, 0.05) is 18.0 Å². The molecule has 1 unspecified atom stereocenters. The number of aromatic nitrogens is 2. The number of aryl methyl sites for hydroxylation is 2. The second-order valence-electron chi connectivity index (χ2n) is 5.20. The summed E-state index contributed by atoms with van der Waals surface area (Å²) in [5.41, 5.74) is 0.647. The molecular weight excluding hydrogens is 288 g/mol. The lowest BCUT2D eigenvalue weighted by Gasteiger charge is -2.25. The Kier molecular flexibility index (Phi) is 3.67. The van der Waals surface area contributed by atoms with Gasteiger partial charge in [-0.2, -0.15) is 5.10 Å². The number of hydrogen-bond donors (Lipinski definition) is 0. The van der Waals surface area contributed by atoms with Crippen LogP contribution in [0.5, 0.6) is 0 Å². The van der Waals surface area contributed by atoms with Crippen molar-refractivity contribution in [2.45, 2.75) is 39.3 Å². The lowest BCUT2D eigenvalue weighted by Crippen LogP contribution is -2.25. The van der Waals surface area contributed by atoms with Crippen LogP contribution in [0, 0.1) is 17.0 Å². The molecule has 0 aliphatic carbocycles. The fourth-order valence-electron chi connectivity index (χ4n) is 3.08. The van der Waals surface area contributed by atoms with Crippen LogP contribution in [0.2, 0.25) is 0 Å². The molecule has 0 amide bonds. The van der Waals surface area contributed by atoms with Crippen LogP contribution in [0.25, 0.3) is 0 Å². The molecule has 3 heterocycles. The summed E-state index contributed by atoms with van der Waals surface area (Å²) in [5.74, 6) is 0.663. The zero-order chi connectivity index (χ0) is 15.0. The summed E-state index contributed by atoms with van der Waals surface area (Å²) in [6.07, 6.45) is 2.08. The van der Waals surface area contributed by atoms with E-state index < -0.39 is 0 Å². The van der Waals surface area contributed by atoms with Crippen LogP contribution in [0.15, 0.2) is 17.5 Å². The molecule has 2 aromatic rings. The van der Waals surface area contributed by atoms with Gasteiger partial charge in [0.1, 0.15) is 5.69 Å². The first-order chi connectivity index (χ1) is 10.1. The average Bonchev–Trinajstić information content (AvgIpc) is 3.16. The fourth-order valence-corrected chi connectivity index (χ4v) is 3.95. The van der Waals surface area contributed by atoms with Crippen molar-refractivity contribution in [3.8, 4) is 0 Å². The summed E-state index contributed by atoms with van der Waals surface area (Å²) in [4.78, 5) is 14.6. The summed E-state index contributed by atoms with van der Waals surface area (Å²) in [5, 5.41) is 17.9. The van der Waals surface area contributed by atoms with Gasteiger partial charge in [-0.3, -0.25) is 10.1 Å². The van der Waals surface area contributed by atoms with E-state index in [1.807, 2.05) is 13.0 Å². The minimum atomic E-state index is -0.298. The van der Waals surface area contributed by atoms with Gasteiger partial charge >= 0.3 is 5.69 Å². The van der Waals surface area contributed by atoms with E-state index >= 15 is 0 Å². The minimum Gasteiger partial charge on any atom is -0.343 e. The normalized spacial score (nSPS) is 18.4. The van der Waals surface area contributed by atoms with Gasteiger partial charge in [0.05, 0.1) is 11.0 Å². The Bertz CT molecular complexity index is 650. The standard InChI is InChI=1S/C14H18N4O2S/c1-3-17-14(13(18(19)20)10(2)15-17)16-8-4-6-11(16)12-7-5-9-21-12/h5,7,9,11H,3-4,6,8H2,1-2H3. The van der Waals surface area contributed by atoms with E-state index in [9.17, 15) is 10.1 Å². The molecule has 0 radical (unpaired) electrons. The van der Waals surface area contributed by atoms with Gasteiger partial charge in [-0.15, -0.1) is 11.3 Å². The highest BCUT2D eigenvalue weighted by molar-refractivity contribution is 7.10. The molecule has 0 bridgehead atoms. The molecule has 0 saturated carbocycles. The summed E-state index contributed by atoms with van der Waals surface area (Å²) in [7, 11) is 0. The Hall–Kier alpha value is -1.89. The van der Waals surface area contributed by atoms with Crippen molar-refractivity contribution >= 4 is 22.8 Å². The second-order valence-corrected chi connectivity index (χ2v) is 6.18. The Balaban J connectivity index is 2.08. The second kappa shape index (κ2) is 5.48. The molecule has 0 N–H and O–H groups in total. The maximum absolute atomic E-state index is 11.4. The lowest BCUT2D eigenvalue weighted by molar-refractivity contribution is -0.384. The molecule has 112 valence electrons. The summed E-state index contributed by atoms with van der Waals surface area (Å²) >= 11 is 1.71. The smallest absolute Gasteiger partial charge is 0.333 e. The van der Waals surface area contributed by atoms with Crippen LogP contribution in [-0.2, 0) is 6.54 Å². The highest BCUT2D eigenvalue weighted by Gasteiger charge is 2.36. The van der Waals surface area contributed by atoms with Crippen molar-refractivity contribution in [1.82, 2.24) is 9.78 Å². The molecule has 0 aromatic carbocycles. The topological polar surface area (TPSA) is 64.2 Å². The molecular formula is C14H18N4O2S. The number of nitrogens with zero attached hydrogens (tertiary/aromatic N) is 4. The lowest BCUT2D eigenvalue weighted by atomic mass is 10.2. The van der Waals surface area contributed by atoms with Crippen LogP contribution in [0.3, 0.4) is 0 Å². The first kappa shape index (κ1) is 14.1. The van der Waals surface area contributed by atoms with Gasteiger partial charge in [0.15, 0.2) is 0 Å². The summed E-state index contributed by atoms with van der Waals surface area (Å²) in [6.45, 7) is 5.16. The summed E-state index contributed by atoms with van der Waals surface area (Å²) in [6, 6.07) is 4.37. The van der Waals surface area contributed by atoms with Gasteiger partial charge in [0.2, 0.25) is 5.82 Å². The van der Waals surface area contributed by atoms with E-state index in [2.05, 4.69) is 21.4 Å². The predicted octanol–water partition coefficient (Wildman–Crippen LogP) is 3.52. The molecule has 1 saturated heterocycles. The zero-order valence-corrected chi connectivity index (χ0v) is 13.0. The molecule has 6 nitrogen and oxygen atoms in total. The Morgan fingerprint density at radius 3 is 3.00 bits per heavy atom. The number of thiophene rings is 1. The van der Waals surface area contributed by atoms with E-state index in [1.54, 1.807) is 22.9 Å². The maximum Gasteiger partial charge on any atom is 0.333 e.